The summed E-state index contributed by atoms with van der Waals surface area (Å²) in [6, 6.07) is 5.84. The lowest BCUT2D eigenvalue weighted by Crippen LogP contribution is -2.14. The molecular weight excluding hydrogens is 200 g/mol. The van der Waals surface area contributed by atoms with Crippen molar-refractivity contribution in [1.82, 2.24) is 0 Å². The molecule has 0 spiro atoms. The Kier molecular flexibility index (Phi) is 2.95. The number of nitrogen functional groups attached to an aromatic ring is 1. The fraction of sp³-hybridized carbons (Fsp3) is 0.538. The zero-order chi connectivity index (χ0) is 11.6. The van der Waals surface area contributed by atoms with Crippen molar-refractivity contribution in [2.24, 2.45) is 5.41 Å². The third-order valence-corrected chi connectivity index (χ3v) is 3.61. The molecule has 16 heavy (non-hydrogen) atoms. The van der Waals surface area contributed by atoms with E-state index in [9.17, 15) is 0 Å². The van der Waals surface area contributed by atoms with E-state index in [0.717, 1.165) is 18.0 Å². The van der Waals surface area contributed by atoms with Crippen LogP contribution in [0.1, 0.15) is 26.2 Å². The molecule has 0 aliphatic heterocycles. The van der Waals surface area contributed by atoms with Gasteiger partial charge in [0.1, 0.15) is 5.75 Å². The molecule has 3 nitrogen and oxygen atoms in total. The first-order valence-corrected chi connectivity index (χ1v) is 5.86. The summed E-state index contributed by atoms with van der Waals surface area (Å²) in [7, 11) is 1.64. The smallest absolute Gasteiger partial charge is 0.143 e. The van der Waals surface area contributed by atoms with E-state index in [2.05, 4.69) is 12.2 Å². The molecule has 0 aromatic heterocycles. The second-order valence-corrected chi connectivity index (χ2v) is 4.66. The Balaban J connectivity index is 1.99. The minimum atomic E-state index is 0.550. The highest BCUT2D eigenvalue weighted by molar-refractivity contribution is 5.61. The van der Waals surface area contributed by atoms with Crippen molar-refractivity contribution in [3.8, 4) is 5.75 Å². The molecule has 1 aromatic carbocycles. The number of rotatable bonds is 5. The highest BCUT2D eigenvalue weighted by Gasteiger charge is 2.40. The molecule has 1 saturated carbocycles. The number of benzene rings is 1. The Labute approximate surface area is 97.0 Å². The predicted octanol–water partition coefficient (Wildman–Crippen LogP) is 2.88. The largest absolute Gasteiger partial charge is 0.495 e. The summed E-state index contributed by atoms with van der Waals surface area (Å²) in [6.45, 7) is 3.31. The van der Waals surface area contributed by atoms with Gasteiger partial charge >= 0.3 is 0 Å². The van der Waals surface area contributed by atoms with E-state index in [1.165, 1.54) is 19.3 Å². The third-order valence-electron chi connectivity index (χ3n) is 3.61. The normalized spacial score (nSPS) is 16.9. The zero-order valence-corrected chi connectivity index (χ0v) is 10.0. The molecular formula is C13H20N2O. The molecule has 0 heterocycles. The summed E-state index contributed by atoms with van der Waals surface area (Å²) in [4.78, 5) is 0. The van der Waals surface area contributed by atoms with Gasteiger partial charge in [-0.1, -0.05) is 6.92 Å². The minimum absolute atomic E-state index is 0.550. The molecule has 1 aliphatic rings. The lowest BCUT2D eigenvalue weighted by molar-refractivity contribution is 0.417. The number of nitrogens with one attached hydrogen (secondary N) is 1. The molecule has 0 atom stereocenters. The molecule has 3 N–H and O–H groups in total. The van der Waals surface area contributed by atoms with Crippen LogP contribution in [0.5, 0.6) is 5.75 Å². The maximum absolute atomic E-state index is 5.77. The van der Waals surface area contributed by atoms with Gasteiger partial charge in [0, 0.05) is 18.3 Å². The fourth-order valence-corrected chi connectivity index (χ4v) is 1.94. The van der Waals surface area contributed by atoms with E-state index in [-0.39, 0.29) is 0 Å². The molecule has 1 fully saturated rings. The van der Waals surface area contributed by atoms with Gasteiger partial charge in [-0.15, -0.1) is 0 Å². The molecule has 1 aromatic rings. The molecule has 0 unspecified atom stereocenters. The number of hydrogen-bond acceptors (Lipinski definition) is 3. The van der Waals surface area contributed by atoms with Crippen LogP contribution in [0.25, 0.3) is 0 Å². The highest BCUT2D eigenvalue weighted by Crippen LogP contribution is 2.48. The average Bonchev–Trinajstić information content (AvgIpc) is 3.09. The first kappa shape index (κ1) is 11.1. The van der Waals surface area contributed by atoms with Crippen molar-refractivity contribution in [3.63, 3.8) is 0 Å². The first-order chi connectivity index (χ1) is 7.69. The van der Waals surface area contributed by atoms with Crippen LogP contribution in [0.3, 0.4) is 0 Å². The van der Waals surface area contributed by atoms with Crippen molar-refractivity contribution >= 4 is 11.4 Å². The average molecular weight is 220 g/mol. The first-order valence-electron chi connectivity index (χ1n) is 5.86. The molecule has 88 valence electrons. The van der Waals surface area contributed by atoms with Gasteiger partial charge in [0.05, 0.1) is 12.8 Å². The number of methoxy groups -OCH3 is 1. The number of hydrogen-bond donors (Lipinski definition) is 2. The topological polar surface area (TPSA) is 47.3 Å². The molecule has 0 amide bonds. The number of ether oxygens (including phenoxy) is 1. The van der Waals surface area contributed by atoms with E-state index < -0.39 is 0 Å². The standard InChI is InChI=1S/C13H20N2O/c1-3-13(6-7-13)9-15-10-4-5-11(14)12(8-10)16-2/h4-5,8,15H,3,6-7,9,14H2,1-2H3. The van der Waals surface area contributed by atoms with E-state index >= 15 is 0 Å². The Morgan fingerprint density at radius 2 is 2.19 bits per heavy atom. The Morgan fingerprint density at radius 1 is 1.44 bits per heavy atom. The minimum Gasteiger partial charge on any atom is -0.495 e. The third kappa shape index (κ3) is 2.23. The second kappa shape index (κ2) is 4.24. The summed E-state index contributed by atoms with van der Waals surface area (Å²) in [6.07, 6.45) is 3.96. The van der Waals surface area contributed by atoms with Crippen LogP contribution in [0, 0.1) is 5.41 Å². The van der Waals surface area contributed by atoms with Crippen molar-refractivity contribution in [2.75, 3.05) is 24.7 Å². The van der Waals surface area contributed by atoms with Crippen molar-refractivity contribution in [3.05, 3.63) is 18.2 Å². The summed E-state index contributed by atoms with van der Waals surface area (Å²) in [5.74, 6) is 0.742. The van der Waals surface area contributed by atoms with Crippen LogP contribution in [-0.2, 0) is 0 Å². The lowest BCUT2D eigenvalue weighted by Gasteiger charge is -2.15. The summed E-state index contributed by atoms with van der Waals surface area (Å²) >= 11 is 0. The molecule has 2 rings (SSSR count). The van der Waals surface area contributed by atoms with Crippen LogP contribution in [-0.4, -0.2) is 13.7 Å². The van der Waals surface area contributed by atoms with E-state index in [1.54, 1.807) is 7.11 Å². The molecule has 1 aliphatic carbocycles. The molecule has 3 heteroatoms. The highest BCUT2D eigenvalue weighted by atomic mass is 16.5. The van der Waals surface area contributed by atoms with Crippen molar-refractivity contribution < 1.29 is 4.74 Å². The quantitative estimate of drug-likeness (QED) is 0.750. The van der Waals surface area contributed by atoms with Crippen LogP contribution < -0.4 is 15.8 Å². The Hall–Kier alpha value is -1.38. The summed E-state index contributed by atoms with van der Waals surface area (Å²) in [5, 5.41) is 3.46. The molecule has 0 saturated heterocycles. The molecule has 0 bridgehead atoms. The zero-order valence-electron chi connectivity index (χ0n) is 10.0. The van der Waals surface area contributed by atoms with Crippen LogP contribution in [0.4, 0.5) is 11.4 Å². The van der Waals surface area contributed by atoms with E-state index in [4.69, 9.17) is 10.5 Å². The van der Waals surface area contributed by atoms with Crippen LogP contribution in [0.2, 0.25) is 0 Å². The number of anilines is 2. The van der Waals surface area contributed by atoms with Gasteiger partial charge in [0.2, 0.25) is 0 Å². The maximum Gasteiger partial charge on any atom is 0.143 e. The van der Waals surface area contributed by atoms with Crippen molar-refractivity contribution in [2.45, 2.75) is 26.2 Å². The molecule has 0 radical (unpaired) electrons. The Morgan fingerprint density at radius 3 is 2.75 bits per heavy atom. The van der Waals surface area contributed by atoms with Crippen LogP contribution >= 0.6 is 0 Å². The van der Waals surface area contributed by atoms with Gasteiger partial charge < -0.3 is 15.8 Å². The lowest BCUT2D eigenvalue weighted by atomic mass is 10.0. The SMILES string of the molecule is CCC1(CNc2ccc(N)c(OC)c2)CC1. The van der Waals surface area contributed by atoms with E-state index in [1.807, 2.05) is 18.2 Å². The predicted molar refractivity (Wildman–Crippen MR) is 67.9 cm³/mol. The van der Waals surface area contributed by atoms with Gasteiger partial charge in [0.25, 0.3) is 0 Å². The van der Waals surface area contributed by atoms with Gasteiger partial charge in [-0.05, 0) is 36.8 Å². The summed E-state index contributed by atoms with van der Waals surface area (Å²) < 4.78 is 5.19. The van der Waals surface area contributed by atoms with Gasteiger partial charge in [-0.3, -0.25) is 0 Å². The second-order valence-electron chi connectivity index (χ2n) is 4.66. The van der Waals surface area contributed by atoms with E-state index in [0.29, 0.717) is 11.1 Å². The Bertz CT molecular complexity index is 372. The van der Waals surface area contributed by atoms with Gasteiger partial charge in [0.15, 0.2) is 0 Å². The van der Waals surface area contributed by atoms with Crippen LogP contribution in [0.15, 0.2) is 18.2 Å². The summed E-state index contributed by atoms with van der Waals surface area (Å²) in [5.41, 5.74) is 8.09. The van der Waals surface area contributed by atoms with Crippen molar-refractivity contribution in [1.29, 1.82) is 0 Å². The monoisotopic (exact) mass is 220 g/mol. The van der Waals surface area contributed by atoms with Gasteiger partial charge in [-0.25, -0.2) is 0 Å². The van der Waals surface area contributed by atoms with Gasteiger partial charge in [-0.2, -0.15) is 0 Å². The number of nitrogens with two attached hydrogens (primary N) is 1. The maximum atomic E-state index is 5.77. The fourth-order valence-electron chi connectivity index (χ4n) is 1.94.